The molecule has 0 radical (unpaired) electrons. The number of rotatable bonds is 1. The van der Waals surface area contributed by atoms with Gasteiger partial charge in [0.2, 0.25) is 0 Å². The molecule has 1 heterocycles. The van der Waals surface area contributed by atoms with Gasteiger partial charge < -0.3 is 10.7 Å². The Bertz CT molecular complexity index is 638. The Morgan fingerprint density at radius 1 is 1.24 bits per heavy atom. The van der Waals surface area contributed by atoms with E-state index in [-0.39, 0.29) is 11.5 Å². The van der Waals surface area contributed by atoms with E-state index in [4.69, 9.17) is 33.9 Å². The van der Waals surface area contributed by atoms with E-state index in [0.29, 0.717) is 21.9 Å². The molecule has 3 nitrogen and oxygen atoms in total. The molecule has 2 aromatic rings. The number of nitrogens with one attached hydrogen (secondary N) is 1. The molecule has 0 amide bonds. The van der Waals surface area contributed by atoms with Crippen molar-refractivity contribution in [2.45, 2.75) is 45.6 Å². The summed E-state index contributed by atoms with van der Waals surface area (Å²) in [6, 6.07) is 3.94. The molecule has 1 aliphatic rings. The van der Waals surface area contributed by atoms with E-state index in [0.717, 1.165) is 29.7 Å². The minimum atomic E-state index is 0.110. The predicted octanol–water partition coefficient (Wildman–Crippen LogP) is 4.74. The van der Waals surface area contributed by atoms with Crippen LogP contribution in [0.5, 0.6) is 0 Å². The van der Waals surface area contributed by atoms with E-state index in [2.05, 4.69) is 25.8 Å². The molecule has 0 bridgehead atoms. The van der Waals surface area contributed by atoms with Crippen LogP contribution in [0.4, 0.5) is 0 Å². The molecule has 3 rings (SSSR count). The monoisotopic (exact) mass is 325 g/mol. The Morgan fingerprint density at radius 3 is 2.62 bits per heavy atom. The third-order valence-electron chi connectivity index (χ3n) is 5.37. The molecule has 3 atom stereocenters. The van der Waals surface area contributed by atoms with Gasteiger partial charge >= 0.3 is 0 Å². The van der Waals surface area contributed by atoms with Crippen LogP contribution < -0.4 is 5.73 Å². The maximum atomic E-state index is 6.24. The van der Waals surface area contributed by atoms with Crippen molar-refractivity contribution in [3.63, 3.8) is 0 Å². The van der Waals surface area contributed by atoms with E-state index >= 15 is 0 Å². The number of aromatic nitrogens is 2. The van der Waals surface area contributed by atoms with Crippen LogP contribution in [0.3, 0.4) is 0 Å². The average molecular weight is 326 g/mol. The molecule has 5 heteroatoms. The van der Waals surface area contributed by atoms with Crippen molar-refractivity contribution in [3.05, 3.63) is 28.0 Å². The van der Waals surface area contributed by atoms with Crippen LogP contribution in [-0.2, 0) is 0 Å². The van der Waals surface area contributed by atoms with Crippen LogP contribution in [-0.4, -0.2) is 16.0 Å². The van der Waals surface area contributed by atoms with E-state index < -0.39 is 0 Å². The third-order valence-corrected chi connectivity index (χ3v) is 6.10. The third kappa shape index (κ3) is 2.45. The summed E-state index contributed by atoms with van der Waals surface area (Å²) >= 11 is 12.2. The fraction of sp³-hybridized carbons (Fsp3) is 0.562. The smallest absolute Gasteiger partial charge is 0.110 e. The molecule has 0 saturated heterocycles. The minimum Gasteiger partial charge on any atom is -0.342 e. The first-order valence-electron chi connectivity index (χ1n) is 7.41. The molecule has 1 aromatic carbocycles. The second-order valence-corrected chi connectivity index (χ2v) is 7.62. The number of imidazole rings is 1. The number of halogens is 2. The zero-order chi connectivity index (χ0) is 15.4. The van der Waals surface area contributed by atoms with Crippen molar-refractivity contribution in [3.8, 4) is 0 Å². The van der Waals surface area contributed by atoms with Crippen molar-refractivity contribution in [1.82, 2.24) is 9.97 Å². The van der Waals surface area contributed by atoms with Gasteiger partial charge in [-0.1, -0.05) is 44.0 Å². The van der Waals surface area contributed by atoms with Crippen LogP contribution in [0.25, 0.3) is 11.0 Å². The lowest BCUT2D eigenvalue weighted by molar-refractivity contribution is 0.0954. The van der Waals surface area contributed by atoms with E-state index in [9.17, 15) is 0 Å². The number of hydrogen-bond acceptors (Lipinski definition) is 2. The first-order valence-corrected chi connectivity index (χ1v) is 8.16. The lowest BCUT2D eigenvalue weighted by Crippen LogP contribution is -2.46. The molecule has 1 aromatic heterocycles. The highest BCUT2D eigenvalue weighted by atomic mass is 35.5. The topological polar surface area (TPSA) is 54.7 Å². The van der Waals surface area contributed by atoms with Crippen LogP contribution >= 0.6 is 23.2 Å². The fourth-order valence-electron chi connectivity index (χ4n) is 3.53. The minimum absolute atomic E-state index is 0.110. The maximum Gasteiger partial charge on any atom is 0.110 e. The van der Waals surface area contributed by atoms with E-state index in [1.54, 1.807) is 0 Å². The van der Waals surface area contributed by atoms with E-state index in [1.165, 1.54) is 0 Å². The summed E-state index contributed by atoms with van der Waals surface area (Å²) in [4.78, 5) is 8.18. The molecule has 114 valence electrons. The number of hydrogen-bond donors (Lipinski definition) is 2. The van der Waals surface area contributed by atoms with Gasteiger partial charge in [-0.3, -0.25) is 0 Å². The summed E-state index contributed by atoms with van der Waals surface area (Å²) in [5.74, 6) is 1.85. The summed E-state index contributed by atoms with van der Waals surface area (Å²) < 4.78 is 0. The Kier molecular flexibility index (Phi) is 3.71. The van der Waals surface area contributed by atoms with Gasteiger partial charge in [0.05, 0.1) is 21.1 Å². The highest BCUT2D eigenvalue weighted by molar-refractivity contribution is 6.42. The zero-order valence-corrected chi connectivity index (χ0v) is 14.1. The average Bonchev–Trinajstić information content (AvgIpc) is 2.79. The van der Waals surface area contributed by atoms with Crippen LogP contribution in [0, 0.1) is 11.3 Å². The second kappa shape index (κ2) is 5.15. The van der Waals surface area contributed by atoms with Crippen molar-refractivity contribution in [2.75, 3.05) is 0 Å². The molecule has 21 heavy (non-hydrogen) atoms. The fourth-order valence-corrected chi connectivity index (χ4v) is 3.85. The normalized spacial score (nSPS) is 29.0. The summed E-state index contributed by atoms with van der Waals surface area (Å²) in [6.07, 6.45) is 2.09. The zero-order valence-electron chi connectivity index (χ0n) is 12.6. The molecule has 1 saturated carbocycles. The second-order valence-electron chi connectivity index (χ2n) is 6.81. The Morgan fingerprint density at radius 2 is 1.90 bits per heavy atom. The van der Waals surface area contributed by atoms with Crippen molar-refractivity contribution in [1.29, 1.82) is 0 Å². The standard InChI is InChI=1S/C16H21Cl2N3/c1-8-12(19)5-4-9(16(8,2)3)15-20-13-6-10(17)11(18)7-14(13)21-15/h6-9,12H,4-5,19H2,1-3H3,(H,20,21). The first-order chi connectivity index (χ1) is 9.80. The van der Waals surface area contributed by atoms with E-state index in [1.807, 2.05) is 12.1 Å². The number of fused-ring (bicyclic) bond motifs is 1. The molecule has 1 fully saturated rings. The van der Waals surface area contributed by atoms with Crippen molar-refractivity contribution in [2.24, 2.45) is 17.1 Å². The SMILES string of the molecule is CC1C(N)CCC(c2nc3cc(Cl)c(Cl)cc3[nH]2)C1(C)C. The molecule has 0 spiro atoms. The number of H-pyrrole nitrogens is 1. The molecule has 3 N–H and O–H groups in total. The summed E-state index contributed by atoms with van der Waals surface area (Å²) in [5, 5.41) is 1.10. The quantitative estimate of drug-likeness (QED) is 0.795. The Hall–Kier alpha value is -0.770. The van der Waals surface area contributed by atoms with Gasteiger partial charge in [0.25, 0.3) is 0 Å². The highest BCUT2D eigenvalue weighted by Crippen LogP contribution is 2.49. The molecular weight excluding hydrogens is 305 g/mol. The van der Waals surface area contributed by atoms with Gasteiger partial charge in [0, 0.05) is 12.0 Å². The Labute approximate surface area is 135 Å². The molecular formula is C16H21Cl2N3. The Balaban J connectivity index is 2.04. The highest BCUT2D eigenvalue weighted by Gasteiger charge is 2.43. The summed E-state index contributed by atoms with van der Waals surface area (Å²) in [6.45, 7) is 6.82. The molecule has 3 unspecified atom stereocenters. The van der Waals surface area contributed by atoms with Crippen LogP contribution in [0.2, 0.25) is 10.0 Å². The van der Waals surface area contributed by atoms with Gasteiger partial charge in [-0.2, -0.15) is 0 Å². The number of benzene rings is 1. The lowest BCUT2D eigenvalue weighted by Gasteiger charge is -2.46. The van der Waals surface area contributed by atoms with Gasteiger partial charge in [-0.15, -0.1) is 0 Å². The van der Waals surface area contributed by atoms with Gasteiger partial charge in [0.1, 0.15) is 5.82 Å². The largest absolute Gasteiger partial charge is 0.342 e. The summed E-state index contributed by atoms with van der Waals surface area (Å²) in [7, 11) is 0. The lowest BCUT2D eigenvalue weighted by atomic mass is 9.61. The van der Waals surface area contributed by atoms with Crippen molar-refractivity contribution >= 4 is 34.2 Å². The number of nitrogens with zero attached hydrogens (tertiary/aromatic N) is 1. The van der Waals surface area contributed by atoms with Gasteiger partial charge in [-0.25, -0.2) is 4.98 Å². The van der Waals surface area contributed by atoms with Crippen LogP contribution in [0.1, 0.15) is 45.4 Å². The maximum absolute atomic E-state index is 6.24. The number of nitrogens with two attached hydrogens (primary N) is 1. The first kappa shape index (κ1) is 15.1. The number of aromatic amines is 1. The van der Waals surface area contributed by atoms with Crippen molar-refractivity contribution < 1.29 is 0 Å². The van der Waals surface area contributed by atoms with Gasteiger partial charge in [-0.05, 0) is 36.3 Å². The summed E-state index contributed by atoms with van der Waals surface area (Å²) in [5.41, 5.74) is 8.17. The molecule has 0 aliphatic heterocycles. The predicted molar refractivity (Wildman–Crippen MR) is 89.0 cm³/mol. The van der Waals surface area contributed by atoms with Gasteiger partial charge in [0.15, 0.2) is 0 Å². The molecule has 1 aliphatic carbocycles. The van der Waals surface area contributed by atoms with Crippen LogP contribution in [0.15, 0.2) is 12.1 Å².